The minimum Gasteiger partial charge on any atom is -0.376 e. The first-order chi connectivity index (χ1) is 15.5. The van der Waals surface area contributed by atoms with Gasteiger partial charge in [0.25, 0.3) is 11.8 Å². The lowest BCUT2D eigenvalue weighted by Crippen LogP contribution is -2.36. The predicted molar refractivity (Wildman–Crippen MR) is 127 cm³/mol. The molecular weight excluding hydrogens is 404 g/mol. The number of rotatable bonds is 9. The molecule has 3 amide bonds. The summed E-state index contributed by atoms with van der Waals surface area (Å²) in [4.78, 5) is 36.8. The second-order valence-corrected chi connectivity index (χ2v) is 8.12. The first-order valence-corrected chi connectivity index (χ1v) is 11.4. The van der Waals surface area contributed by atoms with E-state index in [1.54, 1.807) is 42.5 Å². The van der Waals surface area contributed by atoms with Gasteiger partial charge in [0.1, 0.15) is 0 Å². The highest BCUT2D eigenvalue weighted by atomic mass is 16.2. The maximum absolute atomic E-state index is 12.4. The standard InChI is InChI=1S/C25H32N4O3/c1-2-15-26-24(31)19-7-6-10-22(16-19)27-17-23(30)28-21-13-11-18(12-14-21)25(32)29-20-8-4-3-5-9-20/h6-7,10-14,16,20,27H,2-5,8-9,15,17H2,1H3,(H,26,31)(H,28,30)(H,29,32). The van der Waals surface area contributed by atoms with Crippen molar-refractivity contribution < 1.29 is 14.4 Å². The molecule has 4 N–H and O–H groups in total. The van der Waals surface area contributed by atoms with E-state index in [4.69, 9.17) is 0 Å². The number of hydrogen-bond acceptors (Lipinski definition) is 4. The number of nitrogens with one attached hydrogen (secondary N) is 4. The number of benzene rings is 2. The number of carbonyl (C=O) groups excluding carboxylic acids is 3. The van der Waals surface area contributed by atoms with Crippen LogP contribution in [0.5, 0.6) is 0 Å². The molecule has 1 saturated carbocycles. The topological polar surface area (TPSA) is 99.3 Å². The van der Waals surface area contributed by atoms with Gasteiger partial charge < -0.3 is 21.3 Å². The average Bonchev–Trinajstić information content (AvgIpc) is 2.82. The quantitative estimate of drug-likeness (QED) is 0.478. The van der Waals surface area contributed by atoms with Crippen molar-refractivity contribution in [3.05, 3.63) is 59.7 Å². The first kappa shape index (κ1) is 23.3. The van der Waals surface area contributed by atoms with E-state index in [0.717, 1.165) is 19.3 Å². The van der Waals surface area contributed by atoms with Gasteiger partial charge in [-0.05, 0) is 61.7 Å². The number of hydrogen-bond donors (Lipinski definition) is 4. The van der Waals surface area contributed by atoms with E-state index in [1.165, 1.54) is 19.3 Å². The zero-order valence-electron chi connectivity index (χ0n) is 18.6. The fourth-order valence-corrected chi connectivity index (χ4v) is 3.72. The summed E-state index contributed by atoms with van der Waals surface area (Å²) in [5.41, 5.74) is 2.45. The molecule has 2 aromatic carbocycles. The van der Waals surface area contributed by atoms with Crippen LogP contribution in [0.4, 0.5) is 11.4 Å². The second kappa shape index (κ2) is 11.9. The Morgan fingerprint density at radius 2 is 1.62 bits per heavy atom. The molecule has 0 aliphatic heterocycles. The van der Waals surface area contributed by atoms with Crippen LogP contribution in [0, 0.1) is 0 Å². The van der Waals surface area contributed by atoms with Crippen molar-refractivity contribution in [2.75, 3.05) is 23.7 Å². The lowest BCUT2D eigenvalue weighted by Gasteiger charge is -2.22. The van der Waals surface area contributed by atoms with Gasteiger partial charge in [0, 0.05) is 35.1 Å². The molecule has 0 heterocycles. The van der Waals surface area contributed by atoms with Crippen molar-refractivity contribution in [3.63, 3.8) is 0 Å². The maximum Gasteiger partial charge on any atom is 0.251 e. The normalized spacial score (nSPS) is 13.8. The van der Waals surface area contributed by atoms with Gasteiger partial charge in [0.2, 0.25) is 5.91 Å². The number of anilines is 2. The summed E-state index contributed by atoms with van der Waals surface area (Å²) in [6.07, 6.45) is 6.53. The molecule has 1 aliphatic carbocycles. The Hall–Kier alpha value is -3.35. The third-order valence-electron chi connectivity index (χ3n) is 5.48. The summed E-state index contributed by atoms with van der Waals surface area (Å²) in [6, 6.07) is 14.2. The molecule has 1 aliphatic rings. The zero-order valence-corrected chi connectivity index (χ0v) is 18.6. The highest BCUT2D eigenvalue weighted by Gasteiger charge is 2.16. The zero-order chi connectivity index (χ0) is 22.8. The molecule has 0 bridgehead atoms. The first-order valence-electron chi connectivity index (χ1n) is 11.4. The summed E-state index contributed by atoms with van der Waals surface area (Å²) >= 11 is 0. The molecule has 170 valence electrons. The van der Waals surface area contributed by atoms with Crippen molar-refractivity contribution in [1.29, 1.82) is 0 Å². The van der Waals surface area contributed by atoms with E-state index >= 15 is 0 Å². The van der Waals surface area contributed by atoms with Crippen LogP contribution in [0.15, 0.2) is 48.5 Å². The smallest absolute Gasteiger partial charge is 0.251 e. The number of amides is 3. The van der Waals surface area contributed by atoms with Crippen LogP contribution in [0.3, 0.4) is 0 Å². The molecule has 32 heavy (non-hydrogen) atoms. The fraction of sp³-hybridized carbons (Fsp3) is 0.400. The summed E-state index contributed by atoms with van der Waals surface area (Å²) in [5.74, 6) is -0.419. The van der Waals surface area contributed by atoms with Gasteiger partial charge in [-0.3, -0.25) is 14.4 Å². The molecule has 7 nitrogen and oxygen atoms in total. The monoisotopic (exact) mass is 436 g/mol. The van der Waals surface area contributed by atoms with Gasteiger partial charge >= 0.3 is 0 Å². The van der Waals surface area contributed by atoms with Crippen LogP contribution in [-0.4, -0.2) is 36.9 Å². The Morgan fingerprint density at radius 1 is 0.875 bits per heavy atom. The molecule has 7 heteroatoms. The Labute approximate surface area is 189 Å². The number of carbonyl (C=O) groups is 3. The molecular formula is C25H32N4O3. The molecule has 0 unspecified atom stereocenters. The summed E-state index contributed by atoms with van der Waals surface area (Å²) < 4.78 is 0. The molecule has 0 radical (unpaired) electrons. The van der Waals surface area contributed by atoms with Crippen molar-refractivity contribution in [1.82, 2.24) is 10.6 Å². The highest BCUT2D eigenvalue weighted by molar-refractivity contribution is 5.97. The Morgan fingerprint density at radius 3 is 2.34 bits per heavy atom. The van der Waals surface area contributed by atoms with Crippen LogP contribution in [0.2, 0.25) is 0 Å². The summed E-state index contributed by atoms with van der Waals surface area (Å²) in [7, 11) is 0. The third kappa shape index (κ3) is 7.11. The molecule has 0 aromatic heterocycles. The van der Waals surface area contributed by atoms with E-state index in [-0.39, 0.29) is 30.3 Å². The van der Waals surface area contributed by atoms with E-state index in [9.17, 15) is 14.4 Å². The Kier molecular flexibility index (Phi) is 8.66. The maximum atomic E-state index is 12.4. The van der Waals surface area contributed by atoms with Gasteiger partial charge in [0.05, 0.1) is 6.54 Å². The van der Waals surface area contributed by atoms with E-state index in [1.807, 2.05) is 13.0 Å². The van der Waals surface area contributed by atoms with Crippen molar-refractivity contribution in [2.45, 2.75) is 51.5 Å². The molecule has 0 saturated heterocycles. The lowest BCUT2D eigenvalue weighted by molar-refractivity contribution is -0.114. The van der Waals surface area contributed by atoms with Gasteiger partial charge in [-0.1, -0.05) is 32.3 Å². The highest BCUT2D eigenvalue weighted by Crippen LogP contribution is 2.18. The van der Waals surface area contributed by atoms with Crippen LogP contribution in [0.25, 0.3) is 0 Å². The summed E-state index contributed by atoms with van der Waals surface area (Å²) in [5, 5.41) is 11.8. The summed E-state index contributed by atoms with van der Waals surface area (Å²) in [6.45, 7) is 2.68. The Bertz CT molecular complexity index is 921. The molecule has 0 atom stereocenters. The van der Waals surface area contributed by atoms with Crippen LogP contribution < -0.4 is 21.3 Å². The largest absolute Gasteiger partial charge is 0.376 e. The van der Waals surface area contributed by atoms with Crippen LogP contribution in [-0.2, 0) is 4.79 Å². The second-order valence-electron chi connectivity index (χ2n) is 8.12. The van der Waals surface area contributed by atoms with Crippen molar-refractivity contribution in [3.8, 4) is 0 Å². The SMILES string of the molecule is CCCNC(=O)c1cccc(NCC(=O)Nc2ccc(C(=O)NC3CCCCC3)cc2)c1. The fourth-order valence-electron chi connectivity index (χ4n) is 3.72. The molecule has 3 rings (SSSR count). The predicted octanol–water partition coefficient (Wildman–Crippen LogP) is 3.94. The molecule has 1 fully saturated rings. The van der Waals surface area contributed by atoms with Crippen molar-refractivity contribution >= 4 is 29.1 Å². The van der Waals surface area contributed by atoms with Gasteiger partial charge in [0.15, 0.2) is 0 Å². The molecule has 2 aromatic rings. The third-order valence-corrected chi connectivity index (χ3v) is 5.48. The van der Waals surface area contributed by atoms with Crippen LogP contribution >= 0.6 is 0 Å². The van der Waals surface area contributed by atoms with Gasteiger partial charge in [-0.15, -0.1) is 0 Å². The minimum atomic E-state index is -0.217. The van der Waals surface area contributed by atoms with E-state index < -0.39 is 0 Å². The molecule has 0 spiro atoms. The Balaban J connectivity index is 1.46. The van der Waals surface area contributed by atoms with Crippen molar-refractivity contribution in [2.24, 2.45) is 0 Å². The van der Waals surface area contributed by atoms with E-state index in [2.05, 4.69) is 21.3 Å². The van der Waals surface area contributed by atoms with Gasteiger partial charge in [-0.2, -0.15) is 0 Å². The average molecular weight is 437 g/mol. The minimum absolute atomic E-state index is 0.0595. The van der Waals surface area contributed by atoms with Gasteiger partial charge in [-0.25, -0.2) is 0 Å². The lowest BCUT2D eigenvalue weighted by atomic mass is 9.95. The van der Waals surface area contributed by atoms with E-state index in [0.29, 0.717) is 29.0 Å². The van der Waals surface area contributed by atoms with Crippen LogP contribution in [0.1, 0.15) is 66.2 Å².